The highest BCUT2D eigenvalue weighted by Gasteiger charge is 2.12. The highest BCUT2D eigenvalue weighted by atomic mass is 32.1. The summed E-state index contributed by atoms with van der Waals surface area (Å²) >= 11 is 1.64. The summed E-state index contributed by atoms with van der Waals surface area (Å²) in [5.74, 6) is -0.200. The van der Waals surface area contributed by atoms with Gasteiger partial charge in [0.1, 0.15) is 10.8 Å². The van der Waals surface area contributed by atoms with E-state index in [1.54, 1.807) is 17.5 Å². The molecule has 0 spiro atoms. The number of rotatable bonds is 4. The first-order valence-corrected chi connectivity index (χ1v) is 6.45. The Balaban J connectivity index is 2.01. The van der Waals surface area contributed by atoms with Crippen molar-refractivity contribution in [3.05, 3.63) is 52.2 Å². The van der Waals surface area contributed by atoms with Crippen LogP contribution < -0.4 is 5.32 Å². The lowest BCUT2D eigenvalue weighted by Gasteiger charge is -2.18. The normalized spacial score (nSPS) is 14.5. The lowest BCUT2D eigenvalue weighted by Crippen LogP contribution is -2.22. The van der Waals surface area contributed by atoms with Crippen LogP contribution in [-0.4, -0.2) is 4.98 Å². The molecular formula is C13H15FN2S. The van der Waals surface area contributed by atoms with Crippen LogP contribution in [0.15, 0.2) is 35.8 Å². The predicted molar refractivity (Wildman–Crippen MR) is 68.5 cm³/mol. The number of halogens is 1. The topological polar surface area (TPSA) is 24.9 Å². The summed E-state index contributed by atoms with van der Waals surface area (Å²) < 4.78 is 12.8. The first-order chi connectivity index (χ1) is 8.16. The van der Waals surface area contributed by atoms with E-state index in [0.29, 0.717) is 0 Å². The summed E-state index contributed by atoms with van der Waals surface area (Å²) in [6.07, 6.45) is 1.81. The third-order valence-corrected chi connectivity index (χ3v) is 3.65. The van der Waals surface area contributed by atoms with Gasteiger partial charge in [0.2, 0.25) is 0 Å². The second kappa shape index (κ2) is 5.38. The minimum atomic E-state index is -0.200. The Bertz CT molecular complexity index is 453. The molecule has 0 fully saturated rings. The van der Waals surface area contributed by atoms with Gasteiger partial charge >= 0.3 is 0 Å². The first-order valence-electron chi connectivity index (χ1n) is 5.57. The van der Waals surface area contributed by atoms with Crippen molar-refractivity contribution >= 4 is 11.3 Å². The monoisotopic (exact) mass is 250 g/mol. The number of nitrogens with zero attached hydrogens (tertiary/aromatic N) is 1. The van der Waals surface area contributed by atoms with Gasteiger partial charge in [-0.05, 0) is 31.5 Å². The third-order valence-electron chi connectivity index (χ3n) is 2.69. The van der Waals surface area contributed by atoms with Gasteiger partial charge in [-0.1, -0.05) is 12.1 Å². The minimum absolute atomic E-state index is 0.175. The number of nitrogens with one attached hydrogen (secondary N) is 1. The summed E-state index contributed by atoms with van der Waals surface area (Å²) in [7, 11) is 0. The van der Waals surface area contributed by atoms with Crippen LogP contribution in [0.25, 0.3) is 0 Å². The highest BCUT2D eigenvalue weighted by molar-refractivity contribution is 7.09. The van der Waals surface area contributed by atoms with Crippen LogP contribution >= 0.6 is 11.3 Å². The zero-order valence-corrected chi connectivity index (χ0v) is 10.7. The van der Waals surface area contributed by atoms with Crippen LogP contribution in [0, 0.1) is 5.82 Å². The summed E-state index contributed by atoms with van der Waals surface area (Å²) in [6.45, 7) is 4.15. The van der Waals surface area contributed by atoms with Crippen molar-refractivity contribution < 1.29 is 4.39 Å². The molecule has 1 aromatic heterocycles. The Labute approximate surface area is 105 Å². The van der Waals surface area contributed by atoms with Gasteiger partial charge in [0.25, 0.3) is 0 Å². The van der Waals surface area contributed by atoms with E-state index in [1.807, 2.05) is 17.5 Å². The third kappa shape index (κ3) is 3.11. The molecule has 0 amide bonds. The van der Waals surface area contributed by atoms with E-state index in [-0.39, 0.29) is 17.9 Å². The fourth-order valence-electron chi connectivity index (χ4n) is 1.74. The van der Waals surface area contributed by atoms with Crippen molar-refractivity contribution in [1.82, 2.24) is 10.3 Å². The van der Waals surface area contributed by atoms with Crippen molar-refractivity contribution in [2.45, 2.75) is 25.9 Å². The molecule has 0 aliphatic rings. The molecule has 0 saturated heterocycles. The lowest BCUT2D eigenvalue weighted by atomic mass is 10.1. The highest BCUT2D eigenvalue weighted by Crippen LogP contribution is 2.20. The Kier molecular flexibility index (Phi) is 3.86. The summed E-state index contributed by atoms with van der Waals surface area (Å²) in [4.78, 5) is 4.27. The average molecular weight is 250 g/mol. The van der Waals surface area contributed by atoms with Gasteiger partial charge in [0.05, 0.1) is 6.04 Å². The smallest absolute Gasteiger partial charge is 0.123 e. The average Bonchev–Trinajstić information content (AvgIpc) is 2.83. The fourth-order valence-corrected chi connectivity index (χ4v) is 2.40. The standard InChI is InChI=1S/C13H15FN2S/c1-9(11-3-5-12(14)6-4-11)16-10(2)13-15-7-8-17-13/h3-10,16H,1-2H3. The first kappa shape index (κ1) is 12.2. The van der Waals surface area contributed by atoms with Crippen molar-refractivity contribution in [3.63, 3.8) is 0 Å². The van der Waals surface area contributed by atoms with Crippen LogP contribution in [-0.2, 0) is 0 Å². The van der Waals surface area contributed by atoms with Crippen LogP contribution in [0.1, 0.15) is 36.5 Å². The van der Waals surface area contributed by atoms with E-state index < -0.39 is 0 Å². The molecular weight excluding hydrogens is 235 g/mol. The van der Waals surface area contributed by atoms with Gasteiger partial charge in [-0.3, -0.25) is 0 Å². The molecule has 0 aliphatic carbocycles. The molecule has 2 atom stereocenters. The second-order valence-electron chi connectivity index (χ2n) is 4.03. The molecule has 2 nitrogen and oxygen atoms in total. The van der Waals surface area contributed by atoms with Crippen molar-refractivity contribution in [3.8, 4) is 0 Å². The van der Waals surface area contributed by atoms with Gasteiger partial charge in [-0.25, -0.2) is 9.37 Å². The van der Waals surface area contributed by atoms with E-state index in [0.717, 1.165) is 10.6 Å². The Morgan fingerprint density at radius 2 is 1.88 bits per heavy atom. The van der Waals surface area contributed by atoms with Crippen LogP contribution in [0.5, 0.6) is 0 Å². The fraction of sp³-hybridized carbons (Fsp3) is 0.308. The molecule has 0 radical (unpaired) electrons. The summed E-state index contributed by atoms with van der Waals surface area (Å²) in [6, 6.07) is 6.97. The molecule has 0 bridgehead atoms. The molecule has 90 valence electrons. The maximum absolute atomic E-state index is 12.8. The van der Waals surface area contributed by atoms with Gasteiger partial charge in [0, 0.05) is 17.6 Å². The largest absolute Gasteiger partial charge is 0.302 e. The van der Waals surface area contributed by atoms with Crippen molar-refractivity contribution in [1.29, 1.82) is 0 Å². The van der Waals surface area contributed by atoms with Gasteiger partial charge < -0.3 is 5.32 Å². The quantitative estimate of drug-likeness (QED) is 0.895. The molecule has 2 rings (SSSR count). The molecule has 4 heteroatoms. The van der Waals surface area contributed by atoms with E-state index in [9.17, 15) is 4.39 Å². The number of thiazole rings is 1. The van der Waals surface area contributed by atoms with E-state index in [2.05, 4.69) is 24.1 Å². The minimum Gasteiger partial charge on any atom is -0.302 e. The Morgan fingerprint density at radius 3 is 2.47 bits per heavy atom. The van der Waals surface area contributed by atoms with Crippen molar-refractivity contribution in [2.24, 2.45) is 0 Å². The predicted octanol–water partition coefficient (Wildman–Crippen LogP) is 3.69. The van der Waals surface area contributed by atoms with E-state index in [1.165, 1.54) is 12.1 Å². The van der Waals surface area contributed by atoms with E-state index in [4.69, 9.17) is 0 Å². The number of hydrogen-bond donors (Lipinski definition) is 1. The van der Waals surface area contributed by atoms with Crippen LogP contribution in [0.3, 0.4) is 0 Å². The maximum atomic E-state index is 12.8. The lowest BCUT2D eigenvalue weighted by molar-refractivity contribution is 0.492. The van der Waals surface area contributed by atoms with Gasteiger partial charge in [-0.2, -0.15) is 0 Å². The van der Waals surface area contributed by atoms with Gasteiger partial charge in [0.15, 0.2) is 0 Å². The molecule has 0 aliphatic heterocycles. The maximum Gasteiger partial charge on any atom is 0.123 e. The number of benzene rings is 1. The second-order valence-corrected chi connectivity index (χ2v) is 4.96. The molecule has 1 aromatic carbocycles. The molecule has 17 heavy (non-hydrogen) atoms. The van der Waals surface area contributed by atoms with Crippen molar-refractivity contribution in [2.75, 3.05) is 0 Å². The molecule has 2 unspecified atom stereocenters. The van der Waals surface area contributed by atoms with E-state index >= 15 is 0 Å². The number of hydrogen-bond acceptors (Lipinski definition) is 3. The van der Waals surface area contributed by atoms with Crippen LogP contribution in [0.2, 0.25) is 0 Å². The summed E-state index contributed by atoms with van der Waals surface area (Å²) in [5, 5.41) is 6.48. The zero-order chi connectivity index (χ0) is 12.3. The Hall–Kier alpha value is -1.26. The molecule has 2 aromatic rings. The van der Waals surface area contributed by atoms with Crippen LogP contribution in [0.4, 0.5) is 4.39 Å². The molecule has 1 heterocycles. The Morgan fingerprint density at radius 1 is 1.18 bits per heavy atom. The SMILES string of the molecule is CC(NC(C)c1nccs1)c1ccc(F)cc1. The molecule has 0 saturated carbocycles. The van der Waals surface area contributed by atoms with Gasteiger partial charge in [-0.15, -0.1) is 11.3 Å². The molecule has 1 N–H and O–H groups in total. The zero-order valence-electron chi connectivity index (χ0n) is 9.85. The summed E-state index contributed by atoms with van der Waals surface area (Å²) in [5.41, 5.74) is 1.08. The number of aromatic nitrogens is 1.